The number of halogens is 2. The maximum Gasteiger partial charge on any atom is 0.167 e. The minimum Gasteiger partial charge on any atom is -0.485 e. The fraction of sp³-hybridized carbons (Fsp3) is 0.571. The summed E-state index contributed by atoms with van der Waals surface area (Å²) < 4.78 is 31.8. The van der Waals surface area contributed by atoms with Crippen molar-refractivity contribution < 1.29 is 18.6 Å². The van der Waals surface area contributed by atoms with Crippen molar-refractivity contribution in [3.05, 3.63) is 29.8 Å². The molecular weight excluding hydrogens is 238 g/mol. The fourth-order valence-corrected chi connectivity index (χ4v) is 2.43. The average molecular weight is 256 g/mol. The normalized spacial score (nSPS) is 26.9. The molecule has 18 heavy (non-hydrogen) atoms. The fourth-order valence-electron chi connectivity index (χ4n) is 2.43. The van der Waals surface area contributed by atoms with Gasteiger partial charge in [0.25, 0.3) is 0 Å². The third-order valence-electron chi connectivity index (χ3n) is 3.63. The van der Waals surface area contributed by atoms with Crippen LogP contribution in [0, 0.1) is 17.0 Å². The van der Waals surface area contributed by atoms with E-state index < -0.39 is 23.8 Å². The molecule has 0 amide bonds. The van der Waals surface area contributed by atoms with E-state index >= 15 is 0 Å². The minimum atomic E-state index is -0.731. The Morgan fingerprint density at radius 3 is 2.72 bits per heavy atom. The molecule has 1 aromatic rings. The highest BCUT2D eigenvalue weighted by molar-refractivity contribution is 5.25. The molecule has 1 aliphatic rings. The summed E-state index contributed by atoms with van der Waals surface area (Å²) in [7, 11) is 0. The lowest BCUT2D eigenvalue weighted by Crippen LogP contribution is -2.46. The molecule has 0 saturated heterocycles. The molecule has 0 heterocycles. The lowest BCUT2D eigenvalue weighted by molar-refractivity contribution is -0.0700. The number of hydrogen-bond acceptors (Lipinski definition) is 2. The number of aliphatic hydroxyl groups excluding tert-OH is 1. The first kappa shape index (κ1) is 13.3. The zero-order valence-electron chi connectivity index (χ0n) is 10.6. The SMILES string of the molecule is CC1(C)CCCC(Oc2ccc(F)cc2F)C1O. The summed E-state index contributed by atoms with van der Waals surface area (Å²) in [4.78, 5) is 0. The highest BCUT2D eigenvalue weighted by Crippen LogP contribution is 2.37. The van der Waals surface area contributed by atoms with Gasteiger partial charge >= 0.3 is 0 Å². The zero-order chi connectivity index (χ0) is 13.3. The Morgan fingerprint density at radius 1 is 1.33 bits per heavy atom. The first-order valence-corrected chi connectivity index (χ1v) is 6.20. The van der Waals surface area contributed by atoms with Gasteiger partial charge < -0.3 is 9.84 Å². The lowest BCUT2D eigenvalue weighted by atomic mass is 9.73. The first-order valence-electron chi connectivity index (χ1n) is 6.20. The van der Waals surface area contributed by atoms with Crippen LogP contribution < -0.4 is 4.74 Å². The molecule has 2 atom stereocenters. The molecule has 1 aliphatic carbocycles. The van der Waals surface area contributed by atoms with E-state index in [1.54, 1.807) is 0 Å². The number of aliphatic hydroxyl groups is 1. The summed E-state index contributed by atoms with van der Waals surface area (Å²) in [5.74, 6) is -1.37. The van der Waals surface area contributed by atoms with Crippen molar-refractivity contribution in [2.24, 2.45) is 5.41 Å². The van der Waals surface area contributed by atoms with Crippen LogP contribution in [0.3, 0.4) is 0 Å². The van der Waals surface area contributed by atoms with Crippen molar-refractivity contribution in [3.63, 3.8) is 0 Å². The van der Waals surface area contributed by atoms with Gasteiger partial charge in [0, 0.05) is 6.07 Å². The predicted molar refractivity (Wildman–Crippen MR) is 64.4 cm³/mol. The third-order valence-corrected chi connectivity index (χ3v) is 3.63. The van der Waals surface area contributed by atoms with Gasteiger partial charge in [-0.05, 0) is 36.8 Å². The second-order valence-corrected chi connectivity index (χ2v) is 5.56. The van der Waals surface area contributed by atoms with Crippen LogP contribution in [0.4, 0.5) is 8.78 Å². The maximum atomic E-state index is 13.5. The third kappa shape index (κ3) is 2.64. The summed E-state index contributed by atoms with van der Waals surface area (Å²) in [6.45, 7) is 3.93. The zero-order valence-corrected chi connectivity index (χ0v) is 10.6. The van der Waals surface area contributed by atoms with Crippen LogP contribution >= 0.6 is 0 Å². The maximum absolute atomic E-state index is 13.5. The topological polar surface area (TPSA) is 29.5 Å². The summed E-state index contributed by atoms with van der Waals surface area (Å²) in [6.07, 6.45) is 1.45. The smallest absolute Gasteiger partial charge is 0.167 e. The predicted octanol–water partition coefficient (Wildman–Crippen LogP) is 3.28. The molecule has 1 N–H and O–H groups in total. The van der Waals surface area contributed by atoms with Crippen molar-refractivity contribution in [1.29, 1.82) is 0 Å². The number of ether oxygens (including phenoxy) is 1. The van der Waals surface area contributed by atoms with Gasteiger partial charge in [-0.15, -0.1) is 0 Å². The van der Waals surface area contributed by atoms with Crippen LogP contribution in [0.15, 0.2) is 18.2 Å². The Balaban J connectivity index is 2.13. The molecule has 2 rings (SSSR count). The van der Waals surface area contributed by atoms with Crippen molar-refractivity contribution >= 4 is 0 Å². The molecule has 1 fully saturated rings. The van der Waals surface area contributed by atoms with Gasteiger partial charge in [-0.3, -0.25) is 0 Å². The molecule has 0 radical (unpaired) electrons. The monoisotopic (exact) mass is 256 g/mol. The van der Waals surface area contributed by atoms with Crippen molar-refractivity contribution in [3.8, 4) is 5.75 Å². The van der Waals surface area contributed by atoms with Gasteiger partial charge in [-0.25, -0.2) is 8.78 Å². The van der Waals surface area contributed by atoms with Gasteiger partial charge in [-0.2, -0.15) is 0 Å². The van der Waals surface area contributed by atoms with Crippen LogP contribution in [-0.4, -0.2) is 17.3 Å². The van der Waals surface area contributed by atoms with Gasteiger partial charge in [0.2, 0.25) is 0 Å². The van der Waals surface area contributed by atoms with Crippen LogP contribution in [0.5, 0.6) is 5.75 Å². The van der Waals surface area contributed by atoms with Gasteiger partial charge in [0.15, 0.2) is 11.6 Å². The largest absolute Gasteiger partial charge is 0.485 e. The van der Waals surface area contributed by atoms with Gasteiger partial charge in [0.1, 0.15) is 11.9 Å². The molecule has 4 heteroatoms. The standard InChI is InChI=1S/C14H18F2O2/c1-14(2)7-3-4-12(13(14)17)18-11-6-5-9(15)8-10(11)16/h5-6,8,12-13,17H,3-4,7H2,1-2H3. The average Bonchev–Trinajstić information content (AvgIpc) is 2.28. The van der Waals surface area contributed by atoms with E-state index in [1.165, 1.54) is 6.07 Å². The van der Waals surface area contributed by atoms with E-state index in [2.05, 4.69) is 0 Å². The molecule has 2 nitrogen and oxygen atoms in total. The van der Waals surface area contributed by atoms with Crippen LogP contribution in [0.1, 0.15) is 33.1 Å². The Labute approximate surface area is 106 Å². The minimum absolute atomic E-state index is 0.00171. The second kappa shape index (κ2) is 4.84. The van der Waals surface area contributed by atoms with Crippen molar-refractivity contribution in [2.75, 3.05) is 0 Å². The molecule has 0 spiro atoms. The van der Waals surface area contributed by atoms with E-state index in [9.17, 15) is 13.9 Å². The molecule has 0 aromatic heterocycles. The Bertz CT molecular complexity index is 432. The van der Waals surface area contributed by atoms with E-state index in [0.717, 1.165) is 25.0 Å². The van der Waals surface area contributed by atoms with Crippen molar-refractivity contribution in [2.45, 2.75) is 45.3 Å². The number of rotatable bonds is 2. The van der Waals surface area contributed by atoms with Crippen molar-refractivity contribution in [1.82, 2.24) is 0 Å². The van der Waals surface area contributed by atoms with E-state index in [1.807, 2.05) is 13.8 Å². The van der Waals surface area contributed by atoms with Crippen LogP contribution in [0.2, 0.25) is 0 Å². The molecule has 1 aromatic carbocycles. The van der Waals surface area contributed by atoms with Crippen LogP contribution in [-0.2, 0) is 0 Å². The van der Waals surface area contributed by atoms with E-state index in [4.69, 9.17) is 4.74 Å². The van der Waals surface area contributed by atoms with Crippen LogP contribution in [0.25, 0.3) is 0 Å². The first-order chi connectivity index (χ1) is 8.40. The summed E-state index contributed by atoms with van der Waals surface area (Å²) in [5.41, 5.74) is -0.237. The molecule has 0 bridgehead atoms. The summed E-state index contributed by atoms with van der Waals surface area (Å²) in [6, 6.07) is 3.20. The molecule has 2 unspecified atom stereocenters. The van der Waals surface area contributed by atoms with E-state index in [-0.39, 0.29) is 11.2 Å². The van der Waals surface area contributed by atoms with Gasteiger partial charge in [0.05, 0.1) is 6.10 Å². The highest BCUT2D eigenvalue weighted by Gasteiger charge is 2.39. The Kier molecular flexibility index (Phi) is 3.57. The molecule has 0 aliphatic heterocycles. The summed E-state index contributed by atoms with van der Waals surface area (Å²) >= 11 is 0. The number of hydrogen-bond donors (Lipinski definition) is 1. The van der Waals surface area contributed by atoms with Gasteiger partial charge in [-0.1, -0.05) is 13.8 Å². The molecule has 100 valence electrons. The van der Waals surface area contributed by atoms with E-state index in [0.29, 0.717) is 6.42 Å². The quantitative estimate of drug-likeness (QED) is 0.880. The Hall–Kier alpha value is -1.16. The Morgan fingerprint density at radius 2 is 2.06 bits per heavy atom. The second-order valence-electron chi connectivity index (χ2n) is 5.56. The highest BCUT2D eigenvalue weighted by atomic mass is 19.1. The number of benzene rings is 1. The summed E-state index contributed by atoms with van der Waals surface area (Å²) in [5, 5.41) is 10.2. The molecular formula is C14H18F2O2. The molecule has 1 saturated carbocycles. The lowest BCUT2D eigenvalue weighted by Gasteiger charge is -2.40.